The Morgan fingerprint density at radius 2 is 0.750 bits per heavy atom. The van der Waals surface area contributed by atoms with Gasteiger partial charge in [-0.05, 0) is 33.7 Å². The van der Waals surface area contributed by atoms with E-state index >= 15 is 0 Å². The number of halogens is 10. The van der Waals surface area contributed by atoms with Crippen LogP contribution in [0.3, 0.4) is 0 Å². The maximum absolute atomic E-state index is 14.9. The highest BCUT2D eigenvalue weighted by Gasteiger charge is 2.31. The largest absolute Gasteiger partial charge is 0.207 e. The zero-order valence-corrected chi connectivity index (χ0v) is 17.4. The van der Waals surface area contributed by atoms with Crippen molar-refractivity contribution in [1.29, 1.82) is 0 Å². The average Bonchev–Trinajstić information content (AvgIpc) is 2.86. The molecule has 0 nitrogen and oxygen atoms in total. The monoisotopic (exact) mass is 510 g/mol. The van der Waals surface area contributed by atoms with Crippen molar-refractivity contribution in [2.45, 2.75) is 0 Å². The molecule has 0 saturated heterocycles. The lowest BCUT2D eigenvalue weighted by atomic mass is 9.85. The lowest BCUT2D eigenvalue weighted by Crippen LogP contribution is -2.06. The minimum atomic E-state index is -2.41. The van der Waals surface area contributed by atoms with Crippen molar-refractivity contribution in [3.8, 4) is 22.3 Å². The van der Waals surface area contributed by atoms with Crippen LogP contribution in [-0.4, -0.2) is 0 Å². The van der Waals surface area contributed by atoms with Gasteiger partial charge in [-0.15, -0.1) is 0 Å². The third kappa shape index (κ3) is 3.24. The molecule has 0 aliphatic carbocycles. The Morgan fingerprint density at radius 1 is 0.333 bits per heavy atom. The van der Waals surface area contributed by atoms with E-state index in [2.05, 4.69) is 0 Å². The van der Waals surface area contributed by atoms with Crippen LogP contribution >= 0.6 is 0 Å². The molecule has 0 aliphatic rings. The lowest BCUT2D eigenvalue weighted by molar-refractivity contribution is 0.381. The maximum Gasteiger partial charge on any atom is 0.200 e. The van der Waals surface area contributed by atoms with Crippen LogP contribution in [0.1, 0.15) is 0 Å². The van der Waals surface area contributed by atoms with E-state index in [1.807, 2.05) is 0 Å². The van der Waals surface area contributed by atoms with Crippen molar-refractivity contribution in [3.05, 3.63) is 107 Å². The second-order valence-electron chi connectivity index (χ2n) is 7.77. The molecule has 0 aromatic heterocycles. The Balaban J connectivity index is 2.10. The number of rotatable bonds is 2. The molecule has 182 valence electrons. The van der Waals surface area contributed by atoms with E-state index in [9.17, 15) is 43.9 Å². The van der Waals surface area contributed by atoms with E-state index in [4.69, 9.17) is 0 Å². The molecule has 0 bridgehead atoms. The van der Waals surface area contributed by atoms with Crippen LogP contribution in [0.25, 0.3) is 43.8 Å². The van der Waals surface area contributed by atoms with Gasteiger partial charge in [-0.1, -0.05) is 30.3 Å². The van der Waals surface area contributed by atoms with Crippen LogP contribution in [-0.2, 0) is 0 Å². The van der Waals surface area contributed by atoms with Gasteiger partial charge in [-0.25, -0.2) is 43.9 Å². The quantitative estimate of drug-likeness (QED) is 0.0965. The Hall–Kier alpha value is -4.08. The summed E-state index contributed by atoms with van der Waals surface area (Å²) in [6.07, 6.45) is 0. The predicted octanol–water partition coefficient (Wildman–Crippen LogP) is 8.72. The standard InChI is InChI=1S/C26H8F10/c27-9-5-6-12-13(7-9)17(18-20(30)14(28)8-15(29)21(18)31)11-4-2-1-3-10(11)16(12)19-22(32)24(34)26(36)25(35)23(19)33/h1-8H. The highest BCUT2D eigenvalue weighted by Crippen LogP contribution is 2.47. The molecule has 10 heteroatoms. The van der Waals surface area contributed by atoms with Crippen LogP contribution in [0.5, 0.6) is 0 Å². The van der Waals surface area contributed by atoms with E-state index in [-0.39, 0.29) is 16.8 Å². The van der Waals surface area contributed by atoms with Crippen molar-refractivity contribution < 1.29 is 43.9 Å². The van der Waals surface area contributed by atoms with Gasteiger partial charge in [0.25, 0.3) is 0 Å². The summed E-state index contributed by atoms with van der Waals surface area (Å²) >= 11 is 0. The lowest BCUT2D eigenvalue weighted by Gasteiger charge is -2.19. The first-order chi connectivity index (χ1) is 17.0. The van der Waals surface area contributed by atoms with Gasteiger partial charge in [0, 0.05) is 17.2 Å². The third-order valence-corrected chi connectivity index (χ3v) is 5.81. The van der Waals surface area contributed by atoms with Gasteiger partial charge >= 0.3 is 0 Å². The summed E-state index contributed by atoms with van der Waals surface area (Å²) in [7, 11) is 0. The van der Waals surface area contributed by atoms with Crippen LogP contribution in [0.15, 0.2) is 48.5 Å². The Labute approximate surface area is 195 Å². The van der Waals surface area contributed by atoms with Gasteiger partial charge in [0.05, 0.1) is 11.1 Å². The predicted molar refractivity (Wildman–Crippen MR) is 112 cm³/mol. The Kier molecular flexibility index (Phi) is 5.42. The molecule has 0 fully saturated rings. The zero-order valence-electron chi connectivity index (χ0n) is 17.4. The number of benzene rings is 5. The highest BCUT2D eigenvalue weighted by molar-refractivity contribution is 6.21. The van der Waals surface area contributed by atoms with Crippen molar-refractivity contribution in [1.82, 2.24) is 0 Å². The molecule has 5 rings (SSSR count). The van der Waals surface area contributed by atoms with E-state index in [0.29, 0.717) is 6.07 Å². The van der Waals surface area contributed by atoms with Crippen LogP contribution in [0.2, 0.25) is 0 Å². The van der Waals surface area contributed by atoms with Crippen LogP contribution in [0, 0.1) is 58.2 Å². The molecule has 5 aromatic carbocycles. The topological polar surface area (TPSA) is 0 Å². The van der Waals surface area contributed by atoms with Crippen LogP contribution < -0.4 is 0 Å². The summed E-state index contributed by atoms with van der Waals surface area (Å²) in [5, 5.41) is -1.51. The van der Waals surface area contributed by atoms with Gasteiger partial charge < -0.3 is 0 Å². The summed E-state index contributed by atoms with van der Waals surface area (Å²) in [5.41, 5.74) is -3.84. The molecule has 0 saturated carbocycles. The van der Waals surface area contributed by atoms with Crippen molar-refractivity contribution in [2.24, 2.45) is 0 Å². The average molecular weight is 510 g/mol. The first-order valence-electron chi connectivity index (χ1n) is 10.0. The van der Waals surface area contributed by atoms with Crippen molar-refractivity contribution in [2.75, 3.05) is 0 Å². The van der Waals surface area contributed by atoms with Gasteiger partial charge in [-0.3, -0.25) is 0 Å². The molecule has 5 aromatic rings. The first-order valence-corrected chi connectivity index (χ1v) is 10.0. The van der Waals surface area contributed by atoms with Crippen molar-refractivity contribution in [3.63, 3.8) is 0 Å². The van der Waals surface area contributed by atoms with Crippen molar-refractivity contribution >= 4 is 21.5 Å². The second kappa shape index (κ2) is 8.25. The molecule has 0 atom stereocenters. The molecule has 0 unspecified atom stereocenters. The fourth-order valence-electron chi connectivity index (χ4n) is 4.31. The number of hydrogen-bond donors (Lipinski definition) is 0. The van der Waals surface area contributed by atoms with E-state index < -0.39 is 91.2 Å². The van der Waals surface area contributed by atoms with E-state index in [1.54, 1.807) is 0 Å². The van der Waals surface area contributed by atoms with Crippen LogP contribution in [0.4, 0.5) is 43.9 Å². The highest BCUT2D eigenvalue weighted by atomic mass is 19.2. The Morgan fingerprint density at radius 3 is 1.28 bits per heavy atom. The maximum atomic E-state index is 14.9. The molecule has 0 amide bonds. The molecule has 0 radical (unpaired) electrons. The van der Waals surface area contributed by atoms with Gasteiger partial charge in [0.2, 0.25) is 5.82 Å². The summed E-state index contributed by atoms with van der Waals surface area (Å²) in [6, 6.07) is 7.12. The molecular formula is C26H8F10. The summed E-state index contributed by atoms with van der Waals surface area (Å²) in [4.78, 5) is 0. The first kappa shape index (κ1) is 23.7. The fourth-order valence-corrected chi connectivity index (χ4v) is 4.31. The molecular weight excluding hydrogens is 502 g/mol. The van der Waals surface area contributed by atoms with E-state index in [0.717, 1.165) is 24.3 Å². The number of fused-ring (bicyclic) bond motifs is 2. The minimum absolute atomic E-state index is 0.0394. The third-order valence-electron chi connectivity index (χ3n) is 5.81. The Bertz CT molecular complexity index is 1680. The second-order valence-corrected chi connectivity index (χ2v) is 7.77. The molecule has 36 heavy (non-hydrogen) atoms. The molecule has 0 heterocycles. The minimum Gasteiger partial charge on any atom is -0.207 e. The molecule has 0 spiro atoms. The SMILES string of the molecule is Fc1ccc2c(-c3c(F)c(F)c(F)c(F)c3F)c3ccccc3c(-c3c(F)c(F)cc(F)c3F)c2c1. The normalized spacial score (nSPS) is 11.6. The van der Waals surface area contributed by atoms with Gasteiger partial charge in [-0.2, -0.15) is 0 Å². The summed E-state index contributed by atoms with van der Waals surface area (Å²) < 4.78 is 144. The summed E-state index contributed by atoms with van der Waals surface area (Å²) in [5.74, 6) is -19.6. The van der Waals surface area contributed by atoms with Gasteiger partial charge in [0.15, 0.2) is 46.5 Å². The van der Waals surface area contributed by atoms with Gasteiger partial charge in [0.1, 0.15) is 5.82 Å². The fraction of sp³-hybridized carbons (Fsp3) is 0. The summed E-state index contributed by atoms with van der Waals surface area (Å²) in [6.45, 7) is 0. The zero-order chi connectivity index (χ0) is 26.0. The molecule has 0 aliphatic heterocycles. The smallest absolute Gasteiger partial charge is 0.200 e. The molecule has 0 N–H and O–H groups in total. The van der Waals surface area contributed by atoms with E-state index in [1.165, 1.54) is 12.1 Å². The number of hydrogen-bond acceptors (Lipinski definition) is 0.